The van der Waals surface area contributed by atoms with Crippen LogP contribution in [0.5, 0.6) is 0 Å². The van der Waals surface area contributed by atoms with Crippen molar-refractivity contribution in [1.29, 1.82) is 0 Å². The van der Waals surface area contributed by atoms with E-state index in [-0.39, 0.29) is 5.28 Å². The first kappa shape index (κ1) is 13.5. The van der Waals surface area contributed by atoms with Crippen molar-refractivity contribution in [3.8, 4) is 0 Å². The molecular formula is C10H15ClN8. The monoisotopic (exact) mass is 282 g/mol. The maximum atomic E-state index is 5.84. The quantitative estimate of drug-likeness (QED) is 0.784. The lowest BCUT2D eigenvalue weighted by atomic mass is 10.5. The average molecular weight is 283 g/mol. The van der Waals surface area contributed by atoms with Crippen LogP contribution in [0.2, 0.25) is 5.28 Å². The molecule has 102 valence electrons. The number of nitrogens with zero attached hydrogens (tertiary/aromatic N) is 6. The van der Waals surface area contributed by atoms with Crippen molar-refractivity contribution < 1.29 is 0 Å². The lowest BCUT2D eigenvalue weighted by Crippen LogP contribution is -2.14. The number of hydrogen-bond acceptors (Lipinski definition) is 7. The molecule has 2 N–H and O–H groups in total. The van der Waals surface area contributed by atoms with E-state index in [1.54, 1.807) is 17.1 Å². The van der Waals surface area contributed by atoms with Gasteiger partial charge in [0.15, 0.2) is 0 Å². The predicted octanol–water partition coefficient (Wildman–Crippen LogP) is 1.05. The van der Waals surface area contributed by atoms with Gasteiger partial charge in [0.1, 0.15) is 0 Å². The van der Waals surface area contributed by atoms with Gasteiger partial charge in [-0.15, -0.1) is 5.10 Å². The molecule has 0 fully saturated rings. The van der Waals surface area contributed by atoms with Crippen LogP contribution in [0, 0.1) is 0 Å². The molecule has 2 heterocycles. The van der Waals surface area contributed by atoms with Crippen LogP contribution in [0.3, 0.4) is 0 Å². The summed E-state index contributed by atoms with van der Waals surface area (Å²) in [5, 5.41) is 13.9. The Morgan fingerprint density at radius 1 is 1.16 bits per heavy atom. The van der Waals surface area contributed by atoms with Crippen LogP contribution in [-0.2, 0) is 6.54 Å². The molecule has 2 aromatic rings. The highest BCUT2D eigenvalue weighted by atomic mass is 35.5. The minimum Gasteiger partial charge on any atom is -0.354 e. The summed E-state index contributed by atoms with van der Waals surface area (Å²) in [6, 6.07) is 0. The van der Waals surface area contributed by atoms with E-state index in [1.807, 2.05) is 0 Å². The van der Waals surface area contributed by atoms with Gasteiger partial charge in [-0.3, -0.25) is 4.68 Å². The third kappa shape index (κ3) is 4.32. The van der Waals surface area contributed by atoms with Crippen LogP contribution in [0.1, 0.15) is 13.3 Å². The van der Waals surface area contributed by atoms with Gasteiger partial charge in [-0.05, 0) is 18.0 Å². The van der Waals surface area contributed by atoms with Crippen molar-refractivity contribution in [3.63, 3.8) is 0 Å². The van der Waals surface area contributed by atoms with Gasteiger partial charge in [-0.1, -0.05) is 12.1 Å². The molecule has 0 saturated carbocycles. The molecule has 8 nitrogen and oxygen atoms in total. The van der Waals surface area contributed by atoms with Crippen molar-refractivity contribution in [1.82, 2.24) is 29.9 Å². The van der Waals surface area contributed by atoms with Crippen LogP contribution in [0.4, 0.5) is 11.9 Å². The highest BCUT2D eigenvalue weighted by Crippen LogP contribution is 2.09. The van der Waals surface area contributed by atoms with Gasteiger partial charge < -0.3 is 10.6 Å². The zero-order chi connectivity index (χ0) is 13.5. The molecule has 2 aromatic heterocycles. The van der Waals surface area contributed by atoms with Crippen LogP contribution in [0.15, 0.2) is 12.4 Å². The summed E-state index contributed by atoms with van der Waals surface area (Å²) in [5.74, 6) is 0.920. The van der Waals surface area contributed by atoms with Gasteiger partial charge in [-0.25, -0.2) is 0 Å². The molecular weight excluding hydrogens is 268 g/mol. The molecule has 0 radical (unpaired) electrons. The maximum Gasteiger partial charge on any atom is 0.228 e. The molecule has 0 aromatic carbocycles. The zero-order valence-corrected chi connectivity index (χ0v) is 11.3. The van der Waals surface area contributed by atoms with E-state index in [0.29, 0.717) is 25.0 Å². The number of halogens is 1. The summed E-state index contributed by atoms with van der Waals surface area (Å²) >= 11 is 5.84. The highest BCUT2D eigenvalue weighted by molar-refractivity contribution is 6.28. The van der Waals surface area contributed by atoms with Gasteiger partial charge in [-0.2, -0.15) is 15.0 Å². The zero-order valence-electron chi connectivity index (χ0n) is 10.5. The first-order valence-corrected chi connectivity index (χ1v) is 6.39. The minimum absolute atomic E-state index is 0.164. The average Bonchev–Trinajstić information content (AvgIpc) is 2.89. The standard InChI is InChI=1S/C10H15ClN8/c1-2-3-12-9-15-8(11)16-10(17-9)13-4-6-19-7-5-14-18-19/h5,7H,2-4,6H2,1H3,(H2,12,13,15,16,17). The molecule has 19 heavy (non-hydrogen) atoms. The second-order valence-electron chi connectivity index (χ2n) is 3.77. The van der Waals surface area contributed by atoms with E-state index in [2.05, 4.69) is 42.8 Å². The number of rotatable bonds is 7. The molecule has 0 amide bonds. The smallest absolute Gasteiger partial charge is 0.228 e. The van der Waals surface area contributed by atoms with E-state index in [0.717, 1.165) is 13.0 Å². The van der Waals surface area contributed by atoms with E-state index < -0.39 is 0 Å². The van der Waals surface area contributed by atoms with E-state index in [4.69, 9.17) is 11.6 Å². The highest BCUT2D eigenvalue weighted by Gasteiger charge is 2.04. The molecule has 0 atom stereocenters. The molecule has 0 spiro atoms. The largest absolute Gasteiger partial charge is 0.354 e. The number of hydrogen-bond donors (Lipinski definition) is 2. The summed E-state index contributed by atoms with van der Waals surface area (Å²) in [4.78, 5) is 12.2. The molecule has 0 aliphatic heterocycles. The fourth-order valence-corrected chi connectivity index (χ4v) is 1.54. The van der Waals surface area contributed by atoms with Gasteiger partial charge in [0.2, 0.25) is 17.2 Å². The molecule has 0 saturated heterocycles. The van der Waals surface area contributed by atoms with Crippen LogP contribution in [-0.4, -0.2) is 43.0 Å². The summed E-state index contributed by atoms with van der Waals surface area (Å²) < 4.78 is 1.71. The first-order valence-electron chi connectivity index (χ1n) is 6.01. The molecule has 0 bridgehead atoms. The van der Waals surface area contributed by atoms with Gasteiger partial charge >= 0.3 is 0 Å². The topological polar surface area (TPSA) is 93.4 Å². The second kappa shape index (κ2) is 6.83. The fraction of sp³-hybridized carbons (Fsp3) is 0.500. The Hall–Kier alpha value is -1.96. The summed E-state index contributed by atoms with van der Waals surface area (Å²) in [6.07, 6.45) is 4.40. The Balaban J connectivity index is 1.90. The maximum absolute atomic E-state index is 5.84. The van der Waals surface area contributed by atoms with Crippen molar-refractivity contribution in [2.45, 2.75) is 19.9 Å². The number of nitrogens with one attached hydrogen (secondary N) is 2. The normalized spacial score (nSPS) is 10.4. The van der Waals surface area contributed by atoms with Crippen molar-refractivity contribution in [2.75, 3.05) is 23.7 Å². The van der Waals surface area contributed by atoms with Crippen LogP contribution >= 0.6 is 11.6 Å². The van der Waals surface area contributed by atoms with Gasteiger partial charge in [0, 0.05) is 19.3 Å². The first-order chi connectivity index (χ1) is 9.28. The Morgan fingerprint density at radius 3 is 2.53 bits per heavy atom. The van der Waals surface area contributed by atoms with Gasteiger partial charge in [0.25, 0.3) is 0 Å². The van der Waals surface area contributed by atoms with Crippen molar-refractivity contribution in [3.05, 3.63) is 17.7 Å². The Morgan fingerprint density at radius 2 is 1.89 bits per heavy atom. The predicted molar refractivity (Wildman–Crippen MR) is 72.1 cm³/mol. The summed E-state index contributed by atoms with van der Waals surface area (Å²) in [6.45, 7) is 4.14. The Labute approximate surface area is 115 Å². The molecule has 0 unspecified atom stereocenters. The van der Waals surface area contributed by atoms with Crippen LogP contribution in [0.25, 0.3) is 0 Å². The summed E-state index contributed by atoms with van der Waals surface area (Å²) in [7, 11) is 0. The lowest BCUT2D eigenvalue weighted by molar-refractivity contribution is 0.607. The molecule has 0 aliphatic carbocycles. The minimum atomic E-state index is 0.164. The van der Waals surface area contributed by atoms with E-state index >= 15 is 0 Å². The fourth-order valence-electron chi connectivity index (χ4n) is 1.38. The third-order valence-electron chi connectivity index (χ3n) is 2.24. The third-order valence-corrected chi connectivity index (χ3v) is 2.41. The van der Waals surface area contributed by atoms with Crippen LogP contribution < -0.4 is 10.6 Å². The summed E-state index contributed by atoms with van der Waals surface area (Å²) in [5.41, 5.74) is 0. The molecule has 0 aliphatic rings. The molecule has 2 rings (SSSR count). The van der Waals surface area contributed by atoms with E-state index in [1.165, 1.54) is 0 Å². The van der Waals surface area contributed by atoms with Gasteiger partial charge in [0.05, 0.1) is 12.7 Å². The van der Waals surface area contributed by atoms with Crippen molar-refractivity contribution in [2.24, 2.45) is 0 Å². The number of aromatic nitrogens is 6. The van der Waals surface area contributed by atoms with E-state index in [9.17, 15) is 0 Å². The van der Waals surface area contributed by atoms with Crippen molar-refractivity contribution >= 4 is 23.5 Å². The molecule has 9 heteroatoms. The second-order valence-corrected chi connectivity index (χ2v) is 4.11. The Kier molecular flexibility index (Phi) is 4.85. The Bertz CT molecular complexity index is 500. The SMILES string of the molecule is CCCNc1nc(Cl)nc(NCCn2ccnn2)n1. The number of anilines is 2. The lowest BCUT2D eigenvalue weighted by Gasteiger charge is -2.07.